The molecule has 0 bridgehead atoms. The Morgan fingerprint density at radius 2 is 1.83 bits per heavy atom. The summed E-state index contributed by atoms with van der Waals surface area (Å²) >= 11 is 3.38. The number of hydrogen-bond acceptors (Lipinski definition) is 5. The van der Waals surface area contributed by atoms with Gasteiger partial charge < -0.3 is 0 Å². The van der Waals surface area contributed by atoms with Gasteiger partial charge >= 0.3 is 0 Å². The van der Waals surface area contributed by atoms with Gasteiger partial charge in [0.2, 0.25) is 0 Å². The highest BCUT2D eigenvalue weighted by atomic mass is 79.9. The van der Waals surface area contributed by atoms with Crippen LogP contribution in [0.3, 0.4) is 0 Å². The van der Waals surface area contributed by atoms with Crippen LogP contribution < -0.4 is 0 Å². The molecule has 3 rings (SSSR count). The third-order valence-electron chi connectivity index (χ3n) is 3.05. The summed E-state index contributed by atoms with van der Waals surface area (Å²) < 4.78 is 33.6. The highest BCUT2D eigenvalue weighted by molar-refractivity contribution is 9.10. The Balaban J connectivity index is 2.09. The SMILES string of the molecule is Cc1nc(-c2ccc(Br)cc2)n(-c2ccc(S(=O)(=O)O)cn2)n1. The van der Waals surface area contributed by atoms with Crippen molar-refractivity contribution in [3.8, 4) is 17.2 Å². The maximum absolute atomic E-state index is 11.1. The van der Waals surface area contributed by atoms with Crippen molar-refractivity contribution in [2.45, 2.75) is 11.8 Å². The second-order valence-corrected chi connectivity index (χ2v) is 7.07. The molecule has 0 aliphatic heterocycles. The fraction of sp³-hybridized carbons (Fsp3) is 0.0714. The lowest BCUT2D eigenvalue weighted by Gasteiger charge is -2.06. The summed E-state index contributed by atoms with van der Waals surface area (Å²) in [5, 5.41) is 4.29. The highest BCUT2D eigenvalue weighted by Gasteiger charge is 2.15. The molecule has 0 saturated heterocycles. The summed E-state index contributed by atoms with van der Waals surface area (Å²) in [6.45, 7) is 1.76. The summed E-state index contributed by atoms with van der Waals surface area (Å²) in [6, 6.07) is 10.3. The van der Waals surface area contributed by atoms with Gasteiger partial charge in [-0.1, -0.05) is 28.1 Å². The molecule has 7 nitrogen and oxygen atoms in total. The summed E-state index contributed by atoms with van der Waals surface area (Å²) in [5.74, 6) is 1.54. The molecule has 3 aromatic rings. The normalized spacial score (nSPS) is 11.6. The van der Waals surface area contributed by atoms with E-state index in [1.807, 2.05) is 24.3 Å². The Bertz CT molecular complexity index is 951. The fourth-order valence-electron chi connectivity index (χ4n) is 2.01. The number of nitrogens with zero attached hydrogens (tertiary/aromatic N) is 4. The van der Waals surface area contributed by atoms with E-state index < -0.39 is 10.1 Å². The maximum atomic E-state index is 11.1. The van der Waals surface area contributed by atoms with Crippen molar-refractivity contribution in [3.05, 3.63) is 52.9 Å². The van der Waals surface area contributed by atoms with E-state index in [0.717, 1.165) is 16.2 Å². The lowest BCUT2D eigenvalue weighted by Crippen LogP contribution is -2.04. The number of pyridine rings is 1. The van der Waals surface area contributed by atoms with Crippen molar-refractivity contribution in [1.29, 1.82) is 0 Å². The maximum Gasteiger partial charge on any atom is 0.296 e. The van der Waals surface area contributed by atoms with Crippen molar-refractivity contribution in [1.82, 2.24) is 19.7 Å². The first-order chi connectivity index (χ1) is 10.8. The number of hydrogen-bond donors (Lipinski definition) is 1. The van der Waals surface area contributed by atoms with Crippen LogP contribution in [0.1, 0.15) is 5.82 Å². The molecular formula is C14H11BrN4O3S. The van der Waals surface area contributed by atoms with Gasteiger partial charge in [-0.05, 0) is 31.2 Å². The van der Waals surface area contributed by atoms with Crippen LogP contribution in [0.5, 0.6) is 0 Å². The van der Waals surface area contributed by atoms with Crippen molar-refractivity contribution in [2.75, 3.05) is 0 Å². The van der Waals surface area contributed by atoms with Gasteiger partial charge in [0.25, 0.3) is 10.1 Å². The molecule has 2 heterocycles. The average molecular weight is 395 g/mol. The van der Waals surface area contributed by atoms with Gasteiger partial charge in [-0.3, -0.25) is 4.55 Å². The van der Waals surface area contributed by atoms with E-state index in [2.05, 4.69) is 31.0 Å². The van der Waals surface area contributed by atoms with Gasteiger partial charge in [-0.2, -0.15) is 13.1 Å². The van der Waals surface area contributed by atoms with Gasteiger partial charge in [0.05, 0.1) is 6.20 Å². The third-order valence-corrected chi connectivity index (χ3v) is 4.42. The Kier molecular flexibility index (Phi) is 4.00. The lowest BCUT2D eigenvalue weighted by atomic mass is 10.2. The molecular weight excluding hydrogens is 384 g/mol. The van der Waals surface area contributed by atoms with Crippen LogP contribution in [0.15, 0.2) is 52.0 Å². The predicted molar refractivity (Wildman–Crippen MR) is 86.8 cm³/mol. The molecule has 9 heteroatoms. The summed E-state index contributed by atoms with van der Waals surface area (Å²) in [6.07, 6.45) is 1.08. The molecule has 0 aliphatic carbocycles. The molecule has 0 aliphatic rings. The van der Waals surface area contributed by atoms with E-state index in [-0.39, 0.29) is 4.90 Å². The standard InChI is InChI=1S/C14H11BrN4O3S/c1-9-17-14(10-2-4-11(15)5-3-10)19(18-9)13-7-6-12(8-16-13)23(20,21)22/h2-8H,1H3,(H,20,21,22). The zero-order valence-electron chi connectivity index (χ0n) is 11.9. The van der Waals surface area contributed by atoms with E-state index >= 15 is 0 Å². The second-order valence-electron chi connectivity index (χ2n) is 4.73. The molecule has 1 N–H and O–H groups in total. The molecule has 118 valence electrons. The number of rotatable bonds is 3. The minimum absolute atomic E-state index is 0.275. The molecule has 0 unspecified atom stereocenters. The Hall–Kier alpha value is -2.10. The first-order valence-electron chi connectivity index (χ1n) is 6.48. The van der Waals surface area contributed by atoms with Crippen LogP contribution in [0.4, 0.5) is 0 Å². The van der Waals surface area contributed by atoms with Crippen LogP contribution in [0.25, 0.3) is 17.2 Å². The van der Waals surface area contributed by atoms with Gasteiger partial charge in [0.15, 0.2) is 11.6 Å². The second kappa shape index (κ2) is 5.84. The molecule has 23 heavy (non-hydrogen) atoms. The van der Waals surface area contributed by atoms with Gasteiger partial charge in [0, 0.05) is 10.0 Å². The van der Waals surface area contributed by atoms with Crippen molar-refractivity contribution < 1.29 is 13.0 Å². The molecule has 0 radical (unpaired) electrons. The van der Waals surface area contributed by atoms with E-state index in [0.29, 0.717) is 17.5 Å². The molecule has 2 aromatic heterocycles. The zero-order valence-corrected chi connectivity index (χ0v) is 14.3. The van der Waals surface area contributed by atoms with Crippen molar-refractivity contribution in [3.63, 3.8) is 0 Å². The molecule has 0 amide bonds. The van der Waals surface area contributed by atoms with Crippen LogP contribution in [-0.2, 0) is 10.1 Å². The summed E-state index contributed by atoms with van der Waals surface area (Å²) in [7, 11) is -4.28. The monoisotopic (exact) mass is 394 g/mol. The molecule has 0 saturated carbocycles. The Morgan fingerprint density at radius 1 is 1.13 bits per heavy atom. The van der Waals surface area contributed by atoms with E-state index in [9.17, 15) is 8.42 Å². The molecule has 0 fully saturated rings. The van der Waals surface area contributed by atoms with E-state index in [1.54, 1.807) is 6.92 Å². The number of halogens is 1. The topological polar surface area (TPSA) is 98.0 Å². The lowest BCUT2D eigenvalue weighted by molar-refractivity contribution is 0.482. The smallest absolute Gasteiger partial charge is 0.282 e. The molecule has 0 atom stereocenters. The number of benzene rings is 1. The van der Waals surface area contributed by atoms with Gasteiger partial charge in [-0.15, -0.1) is 5.10 Å². The fourth-order valence-corrected chi connectivity index (χ4v) is 2.70. The zero-order chi connectivity index (χ0) is 16.6. The van der Waals surface area contributed by atoms with Gasteiger partial charge in [0.1, 0.15) is 10.7 Å². The third kappa shape index (κ3) is 3.31. The highest BCUT2D eigenvalue weighted by Crippen LogP contribution is 2.22. The summed E-state index contributed by atoms with van der Waals surface area (Å²) in [5.41, 5.74) is 0.842. The average Bonchev–Trinajstić information content (AvgIpc) is 2.89. The largest absolute Gasteiger partial charge is 0.296 e. The quantitative estimate of drug-likeness (QED) is 0.685. The minimum atomic E-state index is -4.28. The number of aryl methyl sites for hydroxylation is 1. The van der Waals surface area contributed by atoms with Crippen LogP contribution in [0.2, 0.25) is 0 Å². The summed E-state index contributed by atoms with van der Waals surface area (Å²) in [4.78, 5) is 8.16. The first kappa shape index (κ1) is 15.8. The van der Waals surface area contributed by atoms with Crippen LogP contribution in [0, 0.1) is 6.92 Å². The van der Waals surface area contributed by atoms with Crippen LogP contribution in [-0.4, -0.2) is 32.7 Å². The first-order valence-corrected chi connectivity index (χ1v) is 8.71. The van der Waals surface area contributed by atoms with Crippen molar-refractivity contribution in [2.24, 2.45) is 0 Å². The van der Waals surface area contributed by atoms with Gasteiger partial charge in [-0.25, -0.2) is 9.97 Å². The molecule has 1 aromatic carbocycles. The predicted octanol–water partition coefficient (Wildman–Crippen LogP) is 2.65. The Morgan fingerprint density at radius 3 is 2.39 bits per heavy atom. The number of aromatic nitrogens is 4. The molecule has 0 spiro atoms. The van der Waals surface area contributed by atoms with E-state index in [4.69, 9.17) is 4.55 Å². The Labute approximate surface area is 140 Å². The van der Waals surface area contributed by atoms with Crippen molar-refractivity contribution >= 4 is 26.0 Å². The van der Waals surface area contributed by atoms with Crippen LogP contribution >= 0.6 is 15.9 Å². The van der Waals surface area contributed by atoms with E-state index in [1.165, 1.54) is 16.8 Å². The minimum Gasteiger partial charge on any atom is -0.282 e.